The minimum Gasteiger partial charge on any atom is -0.507 e. The number of anilines is 1. The van der Waals surface area contributed by atoms with E-state index in [9.17, 15) is 19.1 Å². The summed E-state index contributed by atoms with van der Waals surface area (Å²) in [5.41, 5.74) is 0.584. The summed E-state index contributed by atoms with van der Waals surface area (Å²) in [5, 5.41) is 14.6. The monoisotopic (exact) mass is 379 g/mol. The Labute approximate surface area is 158 Å². The number of Topliss-reactive ketones (excluding diaryl/α,β-unsaturated/α-hetero) is 1. The molecule has 4 rings (SSSR count). The van der Waals surface area contributed by atoms with Crippen LogP contribution in [-0.2, 0) is 9.59 Å². The molecule has 1 fully saturated rings. The fourth-order valence-electron chi connectivity index (χ4n) is 3.15. The topological polar surface area (TPSA) is 96.5 Å². The molecule has 0 bridgehead atoms. The maximum absolute atomic E-state index is 13.2. The average molecular weight is 379 g/mol. The molecule has 28 heavy (non-hydrogen) atoms. The number of carbonyl (C=O) groups excluding carboxylic acids is 2. The van der Waals surface area contributed by atoms with Crippen LogP contribution in [0.25, 0.3) is 5.76 Å². The van der Waals surface area contributed by atoms with Gasteiger partial charge in [-0.2, -0.15) is 0 Å². The van der Waals surface area contributed by atoms with Crippen LogP contribution in [0.3, 0.4) is 0 Å². The Morgan fingerprint density at radius 2 is 1.96 bits per heavy atom. The van der Waals surface area contributed by atoms with Gasteiger partial charge in [0, 0.05) is 24.0 Å². The zero-order chi connectivity index (χ0) is 19.8. The molecule has 1 aliphatic heterocycles. The van der Waals surface area contributed by atoms with Gasteiger partial charge in [0.05, 0.1) is 11.6 Å². The Hall–Kier alpha value is -3.81. The predicted octanol–water partition coefficient (Wildman–Crippen LogP) is 3.14. The Morgan fingerprint density at radius 1 is 1.21 bits per heavy atom. The zero-order valence-electron chi connectivity index (χ0n) is 14.7. The molecule has 0 aliphatic carbocycles. The summed E-state index contributed by atoms with van der Waals surface area (Å²) in [7, 11) is 0. The molecule has 1 N–H and O–H groups in total. The van der Waals surface area contributed by atoms with Crippen molar-refractivity contribution < 1.29 is 23.6 Å². The first-order valence-electron chi connectivity index (χ1n) is 8.37. The van der Waals surface area contributed by atoms with Crippen molar-refractivity contribution in [1.82, 2.24) is 10.1 Å². The lowest BCUT2D eigenvalue weighted by atomic mass is 9.96. The molecule has 3 aromatic rings. The number of carbonyl (C=O) groups is 2. The Bertz CT molecular complexity index is 1090. The van der Waals surface area contributed by atoms with Crippen LogP contribution in [0.5, 0.6) is 0 Å². The number of rotatable bonds is 3. The fourth-order valence-corrected chi connectivity index (χ4v) is 3.15. The van der Waals surface area contributed by atoms with Crippen molar-refractivity contribution in [2.75, 3.05) is 4.90 Å². The number of aryl methyl sites for hydroxylation is 1. The van der Waals surface area contributed by atoms with Crippen molar-refractivity contribution in [3.63, 3.8) is 0 Å². The van der Waals surface area contributed by atoms with Crippen molar-refractivity contribution in [2.45, 2.75) is 13.0 Å². The molecule has 1 atom stereocenters. The second-order valence-corrected chi connectivity index (χ2v) is 6.26. The van der Waals surface area contributed by atoms with Gasteiger partial charge in [0.15, 0.2) is 5.82 Å². The normalized spacial score (nSPS) is 18.6. The van der Waals surface area contributed by atoms with E-state index in [1.807, 2.05) is 0 Å². The highest BCUT2D eigenvalue weighted by molar-refractivity contribution is 6.51. The molecule has 0 saturated carbocycles. The van der Waals surface area contributed by atoms with E-state index >= 15 is 0 Å². The Morgan fingerprint density at radius 3 is 2.57 bits per heavy atom. The summed E-state index contributed by atoms with van der Waals surface area (Å²) in [5.74, 6) is -2.03. The van der Waals surface area contributed by atoms with Gasteiger partial charge in [0.2, 0.25) is 0 Å². The molecule has 1 saturated heterocycles. The van der Waals surface area contributed by atoms with Crippen LogP contribution in [0.4, 0.5) is 10.2 Å². The summed E-state index contributed by atoms with van der Waals surface area (Å²) >= 11 is 0. The number of pyridine rings is 1. The quantitative estimate of drug-likeness (QED) is 0.427. The number of halogens is 1. The van der Waals surface area contributed by atoms with Crippen LogP contribution in [0.15, 0.2) is 65.0 Å². The average Bonchev–Trinajstić information content (AvgIpc) is 3.24. The lowest BCUT2D eigenvalue weighted by Gasteiger charge is -2.22. The molecular weight excluding hydrogens is 365 g/mol. The predicted molar refractivity (Wildman–Crippen MR) is 96.7 cm³/mol. The van der Waals surface area contributed by atoms with Crippen LogP contribution in [0.1, 0.15) is 22.9 Å². The summed E-state index contributed by atoms with van der Waals surface area (Å²) in [4.78, 5) is 30.8. The molecule has 0 spiro atoms. The van der Waals surface area contributed by atoms with Crippen LogP contribution >= 0.6 is 0 Å². The molecule has 1 aliphatic rings. The van der Waals surface area contributed by atoms with E-state index < -0.39 is 29.3 Å². The lowest BCUT2D eigenvalue weighted by molar-refractivity contribution is -0.132. The number of hydrogen-bond acceptors (Lipinski definition) is 6. The van der Waals surface area contributed by atoms with Gasteiger partial charge in [0.25, 0.3) is 5.78 Å². The third kappa shape index (κ3) is 2.84. The van der Waals surface area contributed by atoms with Crippen LogP contribution in [0.2, 0.25) is 0 Å². The fraction of sp³-hybridized carbons (Fsp3) is 0.100. The Balaban J connectivity index is 1.93. The van der Waals surface area contributed by atoms with Crippen molar-refractivity contribution in [2.24, 2.45) is 0 Å². The van der Waals surface area contributed by atoms with Crippen molar-refractivity contribution >= 4 is 23.3 Å². The number of aromatic nitrogens is 2. The SMILES string of the molecule is Cc1cc(N2C(=O)C(=O)C(=C(O)c3ccc(F)cc3)[C@H]2c2cccnc2)no1. The highest BCUT2D eigenvalue weighted by atomic mass is 19.1. The second-order valence-electron chi connectivity index (χ2n) is 6.26. The first-order valence-corrected chi connectivity index (χ1v) is 8.37. The van der Waals surface area contributed by atoms with E-state index in [2.05, 4.69) is 10.1 Å². The van der Waals surface area contributed by atoms with Crippen molar-refractivity contribution in [3.05, 3.63) is 83.1 Å². The standard InChI is InChI=1S/C20H14FN3O4/c1-11-9-15(23-28-11)24-17(13-3-2-8-22-10-13)16(19(26)20(24)27)18(25)12-4-6-14(21)7-5-12/h2-10,17,25H,1H3/t17-/m1/s1. The van der Waals surface area contributed by atoms with Gasteiger partial charge in [-0.1, -0.05) is 11.2 Å². The second kappa shape index (κ2) is 6.73. The van der Waals surface area contributed by atoms with E-state index in [1.54, 1.807) is 25.3 Å². The van der Waals surface area contributed by atoms with Gasteiger partial charge in [-0.3, -0.25) is 19.5 Å². The van der Waals surface area contributed by atoms with Crippen LogP contribution in [0, 0.1) is 12.7 Å². The molecule has 140 valence electrons. The molecule has 1 amide bonds. The van der Waals surface area contributed by atoms with Crippen molar-refractivity contribution in [1.29, 1.82) is 0 Å². The zero-order valence-corrected chi connectivity index (χ0v) is 14.7. The summed E-state index contributed by atoms with van der Waals surface area (Å²) < 4.78 is 18.3. The van der Waals surface area contributed by atoms with E-state index in [0.29, 0.717) is 11.3 Å². The van der Waals surface area contributed by atoms with E-state index in [0.717, 1.165) is 17.0 Å². The smallest absolute Gasteiger partial charge is 0.301 e. The molecule has 0 unspecified atom stereocenters. The Kier molecular flexibility index (Phi) is 4.23. The highest BCUT2D eigenvalue weighted by Gasteiger charge is 2.48. The number of hydrogen-bond donors (Lipinski definition) is 1. The van der Waals surface area contributed by atoms with Crippen molar-refractivity contribution in [3.8, 4) is 0 Å². The van der Waals surface area contributed by atoms with Gasteiger partial charge in [-0.15, -0.1) is 0 Å². The largest absolute Gasteiger partial charge is 0.507 e. The van der Waals surface area contributed by atoms with E-state index in [-0.39, 0.29) is 17.0 Å². The van der Waals surface area contributed by atoms with E-state index in [1.165, 1.54) is 24.4 Å². The maximum Gasteiger partial charge on any atom is 0.301 e. The van der Waals surface area contributed by atoms with Gasteiger partial charge in [-0.05, 0) is 42.8 Å². The number of benzene rings is 1. The molecule has 3 heterocycles. The van der Waals surface area contributed by atoms with Gasteiger partial charge >= 0.3 is 5.91 Å². The third-order valence-electron chi connectivity index (χ3n) is 4.42. The van der Waals surface area contributed by atoms with Crippen LogP contribution in [-0.4, -0.2) is 26.9 Å². The molecule has 0 radical (unpaired) electrons. The van der Waals surface area contributed by atoms with Gasteiger partial charge < -0.3 is 9.63 Å². The maximum atomic E-state index is 13.2. The minimum atomic E-state index is -0.955. The number of ketones is 1. The summed E-state index contributed by atoms with van der Waals surface area (Å²) in [6.45, 7) is 1.66. The highest BCUT2D eigenvalue weighted by Crippen LogP contribution is 2.41. The van der Waals surface area contributed by atoms with Gasteiger partial charge in [0.1, 0.15) is 17.3 Å². The number of aliphatic hydroxyl groups excluding tert-OH is 1. The number of aliphatic hydroxyl groups is 1. The minimum absolute atomic E-state index is 0.134. The number of nitrogens with zero attached hydrogens (tertiary/aromatic N) is 3. The molecule has 8 heteroatoms. The number of amides is 1. The third-order valence-corrected chi connectivity index (χ3v) is 4.42. The molecule has 7 nitrogen and oxygen atoms in total. The van der Waals surface area contributed by atoms with E-state index in [4.69, 9.17) is 4.52 Å². The summed E-state index contributed by atoms with van der Waals surface area (Å²) in [6.07, 6.45) is 3.05. The van der Waals surface area contributed by atoms with Crippen LogP contribution < -0.4 is 4.90 Å². The molecular formula is C20H14FN3O4. The molecule has 1 aromatic carbocycles. The molecule has 2 aromatic heterocycles. The summed E-state index contributed by atoms with van der Waals surface area (Å²) in [6, 6.07) is 8.88. The van der Waals surface area contributed by atoms with Gasteiger partial charge in [-0.25, -0.2) is 4.39 Å². The first kappa shape index (κ1) is 17.6. The first-order chi connectivity index (χ1) is 13.5. The lowest BCUT2D eigenvalue weighted by Crippen LogP contribution is -2.29.